The van der Waals surface area contributed by atoms with Gasteiger partial charge in [0, 0.05) is 24.9 Å². The maximum Gasteiger partial charge on any atom is 0.109 e. The summed E-state index contributed by atoms with van der Waals surface area (Å²) in [6.07, 6.45) is 30.6. The summed E-state index contributed by atoms with van der Waals surface area (Å²) >= 11 is 0. The topological polar surface area (TPSA) is 17.8 Å². The molecule has 1 heterocycles. The molecule has 152 valence electrons. The molecular weight excluding hydrogens is 328 g/mol. The maximum atomic E-state index is 4.68. The van der Waals surface area contributed by atoms with Crippen molar-refractivity contribution in [3.63, 3.8) is 0 Å². The number of imidazole rings is 1. The second-order valence-electron chi connectivity index (χ2n) is 8.89. The lowest BCUT2D eigenvalue weighted by atomic mass is 9.80. The molecule has 1 aromatic rings. The standard InChI is InChI=1S/C25H42N2/c1-4-5-6-7-8-9-10-11-12-14-17-23(2)27-21-20-26-24(27)22-25(3)18-15-13-16-19-25/h13,15-16,18,20-21,23H,4-12,14,17,19,22H2,1-3H3. The fourth-order valence-corrected chi connectivity index (χ4v) is 4.21. The van der Waals surface area contributed by atoms with Crippen molar-refractivity contribution < 1.29 is 0 Å². The molecule has 0 N–H and O–H groups in total. The Labute approximate surface area is 168 Å². The van der Waals surface area contributed by atoms with E-state index >= 15 is 0 Å². The van der Waals surface area contributed by atoms with E-state index in [1.807, 2.05) is 6.20 Å². The molecule has 0 bridgehead atoms. The van der Waals surface area contributed by atoms with Gasteiger partial charge in [-0.05, 0) is 25.2 Å². The van der Waals surface area contributed by atoms with Crippen molar-refractivity contribution in [3.8, 4) is 0 Å². The number of allylic oxidation sites excluding steroid dienone is 4. The summed E-state index contributed by atoms with van der Waals surface area (Å²) in [5, 5.41) is 0. The first-order valence-corrected chi connectivity index (χ1v) is 11.5. The van der Waals surface area contributed by atoms with Gasteiger partial charge in [0.1, 0.15) is 5.82 Å². The Balaban J connectivity index is 1.62. The number of hydrogen-bond acceptors (Lipinski definition) is 1. The Morgan fingerprint density at radius 2 is 1.67 bits per heavy atom. The molecule has 2 rings (SSSR count). The van der Waals surface area contributed by atoms with Crippen molar-refractivity contribution in [1.82, 2.24) is 9.55 Å². The van der Waals surface area contributed by atoms with Gasteiger partial charge >= 0.3 is 0 Å². The highest BCUT2D eigenvalue weighted by Crippen LogP contribution is 2.32. The minimum absolute atomic E-state index is 0.217. The van der Waals surface area contributed by atoms with E-state index in [1.165, 1.54) is 76.5 Å². The van der Waals surface area contributed by atoms with Crippen molar-refractivity contribution in [2.45, 2.75) is 110 Å². The van der Waals surface area contributed by atoms with Crippen LogP contribution in [0.25, 0.3) is 0 Å². The average molecular weight is 371 g/mol. The third-order valence-corrected chi connectivity index (χ3v) is 6.09. The van der Waals surface area contributed by atoms with Crippen LogP contribution in [0.3, 0.4) is 0 Å². The largest absolute Gasteiger partial charge is 0.332 e. The van der Waals surface area contributed by atoms with Gasteiger partial charge in [0.25, 0.3) is 0 Å². The zero-order valence-corrected chi connectivity index (χ0v) is 18.1. The molecule has 2 unspecified atom stereocenters. The zero-order chi connectivity index (χ0) is 19.4. The second kappa shape index (κ2) is 12.2. The minimum atomic E-state index is 0.217. The lowest BCUT2D eigenvalue weighted by molar-refractivity contribution is 0.387. The number of hydrogen-bond donors (Lipinski definition) is 0. The molecule has 0 aliphatic heterocycles. The molecule has 0 saturated heterocycles. The monoisotopic (exact) mass is 370 g/mol. The average Bonchev–Trinajstić information content (AvgIpc) is 3.11. The highest BCUT2D eigenvalue weighted by molar-refractivity contribution is 5.17. The van der Waals surface area contributed by atoms with Crippen LogP contribution in [-0.4, -0.2) is 9.55 Å². The van der Waals surface area contributed by atoms with Crippen molar-refractivity contribution in [2.24, 2.45) is 5.41 Å². The highest BCUT2D eigenvalue weighted by Gasteiger charge is 2.24. The van der Waals surface area contributed by atoms with E-state index < -0.39 is 0 Å². The van der Waals surface area contributed by atoms with E-state index in [1.54, 1.807) is 0 Å². The van der Waals surface area contributed by atoms with E-state index in [2.05, 4.69) is 60.8 Å². The summed E-state index contributed by atoms with van der Waals surface area (Å²) in [5.41, 5.74) is 0.217. The molecule has 2 atom stereocenters. The first-order valence-electron chi connectivity index (χ1n) is 11.5. The first-order chi connectivity index (χ1) is 13.1. The van der Waals surface area contributed by atoms with E-state index in [4.69, 9.17) is 0 Å². The zero-order valence-electron chi connectivity index (χ0n) is 18.1. The van der Waals surface area contributed by atoms with E-state index in [0.29, 0.717) is 6.04 Å². The van der Waals surface area contributed by atoms with Crippen LogP contribution in [0.2, 0.25) is 0 Å². The van der Waals surface area contributed by atoms with Crippen LogP contribution in [0.1, 0.15) is 110 Å². The summed E-state index contributed by atoms with van der Waals surface area (Å²) in [7, 11) is 0. The van der Waals surface area contributed by atoms with Gasteiger partial charge in [0.2, 0.25) is 0 Å². The molecular formula is C25H42N2. The Bertz CT molecular complexity index is 569. The molecule has 1 aliphatic rings. The molecule has 0 saturated carbocycles. The second-order valence-corrected chi connectivity index (χ2v) is 8.89. The minimum Gasteiger partial charge on any atom is -0.332 e. The quantitative estimate of drug-likeness (QED) is 0.305. The molecule has 0 radical (unpaired) electrons. The predicted octanol–water partition coefficient (Wildman–Crippen LogP) is 7.82. The summed E-state index contributed by atoms with van der Waals surface area (Å²) in [6.45, 7) is 7.00. The fraction of sp³-hybridized carbons (Fsp3) is 0.720. The van der Waals surface area contributed by atoms with Gasteiger partial charge in [-0.3, -0.25) is 0 Å². The fourth-order valence-electron chi connectivity index (χ4n) is 4.21. The summed E-state index contributed by atoms with van der Waals surface area (Å²) in [6, 6.07) is 0.559. The van der Waals surface area contributed by atoms with Crippen LogP contribution in [0, 0.1) is 5.41 Å². The molecule has 0 aromatic carbocycles. The van der Waals surface area contributed by atoms with Crippen LogP contribution in [0.4, 0.5) is 0 Å². The molecule has 0 amide bonds. The normalized spacial score (nSPS) is 20.3. The third kappa shape index (κ3) is 8.07. The Morgan fingerprint density at radius 1 is 1.00 bits per heavy atom. The van der Waals surface area contributed by atoms with Crippen LogP contribution in [0.5, 0.6) is 0 Å². The Morgan fingerprint density at radius 3 is 2.30 bits per heavy atom. The molecule has 2 heteroatoms. The molecule has 1 aliphatic carbocycles. The van der Waals surface area contributed by atoms with Crippen molar-refractivity contribution >= 4 is 0 Å². The van der Waals surface area contributed by atoms with Crippen molar-refractivity contribution in [3.05, 3.63) is 42.5 Å². The molecule has 27 heavy (non-hydrogen) atoms. The van der Waals surface area contributed by atoms with Crippen LogP contribution >= 0.6 is 0 Å². The predicted molar refractivity (Wildman–Crippen MR) is 118 cm³/mol. The first kappa shape index (κ1) is 22.0. The van der Waals surface area contributed by atoms with Crippen molar-refractivity contribution in [1.29, 1.82) is 0 Å². The van der Waals surface area contributed by atoms with Gasteiger partial charge < -0.3 is 4.57 Å². The van der Waals surface area contributed by atoms with E-state index in [9.17, 15) is 0 Å². The lowest BCUT2D eigenvalue weighted by Gasteiger charge is -2.27. The highest BCUT2D eigenvalue weighted by atomic mass is 15.1. The smallest absolute Gasteiger partial charge is 0.109 e. The third-order valence-electron chi connectivity index (χ3n) is 6.09. The van der Waals surface area contributed by atoms with Crippen LogP contribution < -0.4 is 0 Å². The SMILES string of the molecule is CCCCCCCCCCCCC(C)n1ccnc1CC1(C)C=CC=CC1. The van der Waals surface area contributed by atoms with Gasteiger partial charge in [-0.1, -0.05) is 102 Å². The number of aromatic nitrogens is 2. The van der Waals surface area contributed by atoms with Gasteiger partial charge in [-0.25, -0.2) is 4.98 Å². The van der Waals surface area contributed by atoms with E-state index in [0.717, 1.165) is 12.8 Å². The maximum absolute atomic E-state index is 4.68. The van der Waals surface area contributed by atoms with Gasteiger partial charge in [-0.2, -0.15) is 0 Å². The van der Waals surface area contributed by atoms with Crippen LogP contribution in [0.15, 0.2) is 36.7 Å². The number of unbranched alkanes of at least 4 members (excludes halogenated alkanes) is 9. The molecule has 0 fully saturated rings. The molecule has 1 aromatic heterocycles. The Hall–Kier alpha value is -1.31. The van der Waals surface area contributed by atoms with E-state index in [-0.39, 0.29) is 5.41 Å². The number of rotatable bonds is 14. The lowest BCUT2D eigenvalue weighted by Crippen LogP contribution is -2.21. The number of nitrogens with zero attached hydrogens (tertiary/aromatic N) is 2. The van der Waals surface area contributed by atoms with Gasteiger partial charge in [0.15, 0.2) is 0 Å². The van der Waals surface area contributed by atoms with Crippen LogP contribution in [-0.2, 0) is 6.42 Å². The summed E-state index contributed by atoms with van der Waals surface area (Å²) < 4.78 is 2.42. The summed E-state index contributed by atoms with van der Waals surface area (Å²) in [5.74, 6) is 1.25. The molecule has 2 nitrogen and oxygen atoms in total. The van der Waals surface area contributed by atoms with Crippen molar-refractivity contribution in [2.75, 3.05) is 0 Å². The summed E-state index contributed by atoms with van der Waals surface area (Å²) in [4.78, 5) is 4.68. The molecule has 0 spiro atoms. The van der Waals surface area contributed by atoms with Gasteiger partial charge in [-0.15, -0.1) is 0 Å². The van der Waals surface area contributed by atoms with Gasteiger partial charge in [0.05, 0.1) is 0 Å². The Kier molecular flexibility index (Phi) is 9.94.